The SMILES string of the molecule is O=S(=O)(Oc1cccc(C(F)(F)C(F)(F)C(F)(F)c2ccc(Oc3ccc(C(F)(F)C(F)(F)C(F)(F)c4cccc(OS(=O)(=O)C(F)(F)F)c4)cc3)cc2)c1)C(F)(F)F. The molecule has 0 heterocycles. The van der Waals surface area contributed by atoms with Crippen molar-refractivity contribution in [3.05, 3.63) is 119 Å². The fourth-order valence-corrected chi connectivity index (χ4v) is 5.46. The van der Waals surface area contributed by atoms with E-state index >= 15 is 0 Å². The van der Waals surface area contributed by atoms with E-state index in [-0.39, 0.29) is 48.5 Å². The van der Waals surface area contributed by atoms with Crippen LogP contribution >= 0.6 is 0 Å². The number of ether oxygens (including phenoxy) is 1. The van der Waals surface area contributed by atoms with Crippen LogP contribution in [0.15, 0.2) is 97.1 Å². The first-order valence-corrected chi connectivity index (χ1v) is 17.7. The lowest BCUT2D eigenvalue weighted by molar-refractivity contribution is -0.321. The van der Waals surface area contributed by atoms with Gasteiger partial charge in [-0.3, -0.25) is 0 Å². The molecule has 0 bridgehead atoms. The van der Waals surface area contributed by atoms with Gasteiger partial charge in [-0.2, -0.15) is 95.9 Å². The molecule has 0 saturated carbocycles. The monoisotopic (exact) mass is 918 g/mol. The smallest absolute Gasteiger partial charge is 0.457 e. The zero-order valence-corrected chi connectivity index (χ0v) is 29.3. The molecular weight excluding hydrogens is 902 g/mol. The Morgan fingerprint density at radius 1 is 0.339 bits per heavy atom. The van der Waals surface area contributed by atoms with Crippen molar-refractivity contribution < 1.29 is 109 Å². The van der Waals surface area contributed by atoms with Crippen LogP contribution < -0.4 is 13.1 Å². The minimum absolute atomic E-state index is 0.0393. The van der Waals surface area contributed by atoms with Gasteiger partial charge in [0.05, 0.1) is 0 Å². The summed E-state index contributed by atoms with van der Waals surface area (Å²) < 4.78 is 311. The van der Waals surface area contributed by atoms with E-state index in [0.29, 0.717) is 48.5 Å². The van der Waals surface area contributed by atoms with Gasteiger partial charge in [-0.05, 0) is 72.8 Å². The first-order chi connectivity index (χ1) is 26.5. The van der Waals surface area contributed by atoms with Crippen LogP contribution in [0, 0.1) is 0 Å². The van der Waals surface area contributed by atoms with Gasteiger partial charge in [0.15, 0.2) is 0 Å². The predicted octanol–water partition coefficient (Wildman–Crippen LogP) is 11.0. The van der Waals surface area contributed by atoms with Crippen LogP contribution in [0.3, 0.4) is 0 Å². The Kier molecular flexibility index (Phi) is 11.8. The second-order valence-corrected chi connectivity index (χ2v) is 14.7. The lowest BCUT2D eigenvalue weighted by Gasteiger charge is -2.33. The maximum atomic E-state index is 15.0. The quantitative estimate of drug-likeness (QED) is 0.0706. The number of halogens is 18. The fraction of sp³-hybridized carbons (Fsp3) is 0.250. The maximum absolute atomic E-state index is 15.0. The van der Waals surface area contributed by atoms with Crippen LogP contribution in [0.2, 0.25) is 0 Å². The number of rotatable bonds is 14. The fourth-order valence-electron chi connectivity index (χ4n) is 4.55. The van der Waals surface area contributed by atoms with E-state index in [0.717, 1.165) is 0 Å². The third-order valence-corrected chi connectivity index (χ3v) is 9.58. The standard InChI is InChI=1S/C32H16F18O7S2/c33-25(34,29(41,42)27(37,38)19-3-1-5-23(15-19)56-58(51,52)31(45,46)47)17-7-11-21(12-8-17)55-22-13-9-18(10-14-22)26(35,36)30(43,44)28(39,40)20-4-2-6-24(16-20)57-59(53,54)32(48,49)50/h1-16H. The van der Waals surface area contributed by atoms with E-state index in [1.807, 2.05) is 0 Å². The number of alkyl halides is 18. The summed E-state index contributed by atoms with van der Waals surface area (Å²) in [5.41, 5.74) is -20.2. The van der Waals surface area contributed by atoms with Crippen molar-refractivity contribution in [2.75, 3.05) is 0 Å². The van der Waals surface area contributed by atoms with E-state index in [4.69, 9.17) is 4.74 Å². The van der Waals surface area contributed by atoms with Crippen molar-refractivity contribution in [2.45, 2.75) is 46.6 Å². The van der Waals surface area contributed by atoms with E-state index in [1.54, 1.807) is 0 Å². The average molecular weight is 919 g/mol. The Labute approximate surface area is 318 Å². The molecule has 0 atom stereocenters. The predicted molar refractivity (Wildman–Crippen MR) is 163 cm³/mol. The van der Waals surface area contributed by atoms with Crippen LogP contribution in [0.1, 0.15) is 22.3 Å². The molecule has 324 valence electrons. The van der Waals surface area contributed by atoms with E-state index in [2.05, 4.69) is 8.37 Å². The van der Waals surface area contributed by atoms with Crippen molar-refractivity contribution >= 4 is 20.2 Å². The third kappa shape index (κ3) is 8.52. The summed E-state index contributed by atoms with van der Waals surface area (Å²) in [6, 6.07) is 2.54. The molecule has 4 aromatic rings. The average Bonchev–Trinajstić information content (AvgIpc) is 3.10. The first-order valence-electron chi connectivity index (χ1n) is 14.9. The molecule has 4 aromatic carbocycles. The zero-order chi connectivity index (χ0) is 45.1. The van der Waals surface area contributed by atoms with Gasteiger partial charge in [0.2, 0.25) is 0 Å². The highest BCUT2D eigenvalue weighted by molar-refractivity contribution is 7.88. The molecule has 0 unspecified atom stereocenters. The first kappa shape index (κ1) is 46.6. The lowest BCUT2D eigenvalue weighted by atomic mass is 9.92. The van der Waals surface area contributed by atoms with Gasteiger partial charge in [0.1, 0.15) is 23.0 Å². The molecule has 0 saturated heterocycles. The topological polar surface area (TPSA) is 96.0 Å². The van der Waals surface area contributed by atoms with Gasteiger partial charge in [-0.15, -0.1) is 0 Å². The summed E-state index contributed by atoms with van der Waals surface area (Å²) in [5.74, 6) is -40.9. The normalized spacial score (nSPS) is 14.2. The summed E-state index contributed by atoms with van der Waals surface area (Å²) >= 11 is 0. The van der Waals surface area contributed by atoms with Crippen LogP contribution in [0.5, 0.6) is 23.0 Å². The summed E-state index contributed by atoms with van der Waals surface area (Å²) in [6.45, 7) is 0. The molecule has 4 rings (SSSR count). The molecule has 0 fully saturated rings. The summed E-state index contributed by atoms with van der Waals surface area (Å²) in [5, 5.41) is 0. The molecule has 0 aliphatic heterocycles. The minimum Gasteiger partial charge on any atom is -0.457 e. The lowest BCUT2D eigenvalue weighted by Crippen LogP contribution is -2.50. The van der Waals surface area contributed by atoms with Crippen LogP contribution in [-0.2, 0) is 43.9 Å². The number of hydrogen-bond donors (Lipinski definition) is 0. The summed E-state index contributed by atoms with van der Waals surface area (Å²) in [7, 11) is -13.0. The Hall–Kier alpha value is -5.08. The molecule has 0 spiro atoms. The van der Waals surface area contributed by atoms with E-state index < -0.39 is 112 Å². The van der Waals surface area contributed by atoms with Gasteiger partial charge < -0.3 is 13.1 Å². The maximum Gasteiger partial charge on any atom is 0.534 e. The third-order valence-electron chi connectivity index (χ3n) is 7.62. The number of benzene rings is 4. The Balaban J connectivity index is 1.53. The Morgan fingerprint density at radius 2 is 0.610 bits per heavy atom. The van der Waals surface area contributed by atoms with Crippen molar-refractivity contribution in [3.8, 4) is 23.0 Å². The van der Waals surface area contributed by atoms with Crippen LogP contribution in [0.4, 0.5) is 79.0 Å². The van der Waals surface area contributed by atoms with E-state index in [1.165, 1.54) is 0 Å². The van der Waals surface area contributed by atoms with Gasteiger partial charge in [0.25, 0.3) is 0 Å². The van der Waals surface area contributed by atoms with Crippen molar-refractivity contribution in [1.29, 1.82) is 0 Å². The van der Waals surface area contributed by atoms with Gasteiger partial charge in [0, 0.05) is 22.3 Å². The summed E-state index contributed by atoms with van der Waals surface area (Å²) in [4.78, 5) is 0. The molecule has 27 heteroatoms. The van der Waals surface area contributed by atoms with Crippen LogP contribution in [0.25, 0.3) is 0 Å². The Bertz CT molecular complexity index is 2210. The van der Waals surface area contributed by atoms with E-state index in [9.17, 15) is 95.9 Å². The van der Waals surface area contributed by atoms with Crippen molar-refractivity contribution in [1.82, 2.24) is 0 Å². The van der Waals surface area contributed by atoms with Crippen LogP contribution in [-0.4, -0.2) is 39.7 Å². The van der Waals surface area contributed by atoms with Crippen molar-refractivity contribution in [2.24, 2.45) is 0 Å². The minimum atomic E-state index is -6.51. The highest BCUT2D eigenvalue weighted by atomic mass is 32.2. The molecule has 59 heavy (non-hydrogen) atoms. The second-order valence-electron chi connectivity index (χ2n) is 11.6. The molecule has 7 nitrogen and oxygen atoms in total. The Morgan fingerprint density at radius 3 is 0.881 bits per heavy atom. The molecule has 0 aromatic heterocycles. The van der Waals surface area contributed by atoms with Gasteiger partial charge in [-0.1, -0.05) is 24.3 Å². The number of hydrogen-bond acceptors (Lipinski definition) is 7. The largest absolute Gasteiger partial charge is 0.534 e. The highest BCUT2D eigenvalue weighted by Gasteiger charge is 2.74. The molecular formula is C32H16F18O7S2. The molecule has 0 aliphatic rings. The molecule has 0 N–H and O–H groups in total. The molecule has 0 amide bonds. The van der Waals surface area contributed by atoms with Gasteiger partial charge >= 0.3 is 66.8 Å². The molecule has 0 aliphatic carbocycles. The zero-order valence-electron chi connectivity index (χ0n) is 27.7. The molecule has 0 radical (unpaired) electrons. The second kappa shape index (κ2) is 14.9. The highest BCUT2D eigenvalue weighted by Crippen LogP contribution is 2.57. The van der Waals surface area contributed by atoms with Crippen molar-refractivity contribution in [3.63, 3.8) is 0 Å². The van der Waals surface area contributed by atoms with Gasteiger partial charge in [-0.25, -0.2) is 0 Å². The summed E-state index contributed by atoms with van der Waals surface area (Å²) in [6.07, 6.45) is 0.